The number of carbonyl (C=O) groups is 1. The first-order valence-electron chi connectivity index (χ1n) is 11.6. The van der Waals surface area contributed by atoms with E-state index in [9.17, 15) is 18.0 Å². The quantitative estimate of drug-likeness (QED) is 0.427. The van der Waals surface area contributed by atoms with E-state index in [1.807, 2.05) is 24.3 Å². The standard InChI is InChI=1S/C24H29N5O6S/c1-24(36(2,32)33,23(31)27-35-22-5-3-4-16-34-22)11-15-28-14-10-19(17-21(28)30)18-6-8-20(9-7-18)29-25-12-13-26-29/h6-10,12-14,17,22H,3-5,11,15-16H2,1-2H3,(H,27,31)/t22-,24-/m1/s1. The molecule has 0 unspecified atom stereocenters. The minimum Gasteiger partial charge on any atom is -0.350 e. The van der Waals surface area contributed by atoms with Gasteiger partial charge in [-0.3, -0.25) is 9.59 Å². The van der Waals surface area contributed by atoms with Gasteiger partial charge in [-0.05, 0) is 55.5 Å². The molecule has 1 amide bonds. The Morgan fingerprint density at radius 3 is 2.50 bits per heavy atom. The molecule has 192 valence electrons. The molecule has 2 aromatic heterocycles. The van der Waals surface area contributed by atoms with E-state index in [1.54, 1.807) is 24.7 Å². The Bertz CT molecular complexity index is 1350. The number of sulfone groups is 1. The van der Waals surface area contributed by atoms with Crippen LogP contribution in [0.25, 0.3) is 16.8 Å². The monoisotopic (exact) mass is 515 g/mol. The molecule has 0 spiro atoms. The number of amides is 1. The number of nitrogens with zero attached hydrogens (tertiary/aromatic N) is 4. The Morgan fingerprint density at radius 2 is 1.89 bits per heavy atom. The number of rotatable bonds is 9. The normalized spacial score (nSPS) is 17.9. The molecule has 3 heterocycles. The summed E-state index contributed by atoms with van der Waals surface area (Å²) in [5.41, 5.74) is 4.27. The molecule has 1 N–H and O–H groups in total. The molecule has 4 rings (SSSR count). The van der Waals surface area contributed by atoms with Crippen molar-refractivity contribution in [3.05, 3.63) is 65.3 Å². The Labute approximate surface area is 208 Å². The van der Waals surface area contributed by atoms with Crippen LogP contribution in [0.15, 0.2) is 59.8 Å². The van der Waals surface area contributed by atoms with Gasteiger partial charge in [0.2, 0.25) is 0 Å². The van der Waals surface area contributed by atoms with Crippen LogP contribution in [0.2, 0.25) is 0 Å². The molecule has 1 aliphatic rings. The minimum absolute atomic E-state index is 0.0277. The summed E-state index contributed by atoms with van der Waals surface area (Å²) in [6.07, 6.45) is 7.47. The highest BCUT2D eigenvalue weighted by Crippen LogP contribution is 2.24. The number of hydrogen-bond acceptors (Lipinski definition) is 8. The van der Waals surface area contributed by atoms with Gasteiger partial charge in [0.15, 0.2) is 20.9 Å². The summed E-state index contributed by atoms with van der Waals surface area (Å²) in [5.74, 6) is -0.796. The number of hydroxylamine groups is 1. The largest absolute Gasteiger partial charge is 0.350 e. The maximum Gasteiger partial charge on any atom is 0.264 e. The van der Waals surface area contributed by atoms with Gasteiger partial charge in [-0.1, -0.05) is 12.1 Å². The topological polar surface area (TPSA) is 134 Å². The van der Waals surface area contributed by atoms with Gasteiger partial charge >= 0.3 is 0 Å². The van der Waals surface area contributed by atoms with Gasteiger partial charge in [0.1, 0.15) is 0 Å². The Hall–Kier alpha value is -3.35. The van der Waals surface area contributed by atoms with Crippen LogP contribution in [-0.2, 0) is 30.8 Å². The van der Waals surface area contributed by atoms with Gasteiger partial charge < -0.3 is 9.30 Å². The van der Waals surface area contributed by atoms with Gasteiger partial charge in [-0.15, -0.1) is 0 Å². The van der Waals surface area contributed by atoms with E-state index in [-0.39, 0.29) is 18.5 Å². The van der Waals surface area contributed by atoms with E-state index >= 15 is 0 Å². The molecule has 2 atom stereocenters. The summed E-state index contributed by atoms with van der Waals surface area (Å²) in [7, 11) is -3.83. The fourth-order valence-electron chi connectivity index (χ4n) is 3.84. The first-order valence-corrected chi connectivity index (χ1v) is 13.5. The van der Waals surface area contributed by atoms with E-state index in [4.69, 9.17) is 9.57 Å². The molecule has 0 radical (unpaired) electrons. The number of ether oxygens (including phenoxy) is 1. The maximum atomic E-state index is 12.8. The van der Waals surface area contributed by atoms with Crippen molar-refractivity contribution in [2.45, 2.75) is 50.2 Å². The third-order valence-corrected chi connectivity index (χ3v) is 8.42. The van der Waals surface area contributed by atoms with Gasteiger partial charge in [0.25, 0.3) is 11.5 Å². The maximum absolute atomic E-state index is 12.8. The molecule has 36 heavy (non-hydrogen) atoms. The van der Waals surface area contributed by atoms with Crippen LogP contribution in [-0.4, -0.2) is 57.8 Å². The number of aryl methyl sites for hydroxylation is 1. The van der Waals surface area contributed by atoms with Crippen molar-refractivity contribution in [1.82, 2.24) is 25.0 Å². The second-order valence-corrected chi connectivity index (χ2v) is 11.4. The average Bonchev–Trinajstić information content (AvgIpc) is 3.41. The summed E-state index contributed by atoms with van der Waals surface area (Å²) in [6, 6.07) is 10.7. The van der Waals surface area contributed by atoms with Gasteiger partial charge in [0, 0.05) is 38.1 Å². The lowest BCUT2D eigenvalue weighted by Crippen LogP contribution is -2.51. The smallest absolute Gasteiger partial charge is 0.264 e. The Morgan fingerprint density at radius 1 is 1.17 bits per heavy atom. The van der Waals surface area contributed by atoms with Crippen molar-refractivity contribution in [3.8, 4) is 16.8 Å². The lowest BCUT2D eigenvalue weighted by molar-refractivity contribution is -0.201. The summed E-state index contributed by atoms with van der Waals surface area (Å²) >= 11 is 0. The molecule has 1 fully saturated rings. The fourth-order valence-corrected chi connectivity index (χ4v) is 4.68. The summed E-state index contributed by atoms with van der Waals surface area (Å²) in [4.78, 5) is 32.4. The number of hydrogen-bond donors (Lipinski definition) is 1. The number of carbonyl (C=O) groups excluding carboxylic acids is 1. The predicted octanol–water partition coefficient (Wildman–Crippen LogP) is 1.86. The second-order valence-electron chi connectivity index (χ2n) is 8.91. The van der Waals surface area contributed by atoms with Crippen molar-refractivity contribution in [1.29, 1.82) is 0 Å². The first-order chi connectivity index (χ1) is 17.2. The molecule has 0 saturated carbocycles. The van der Waals surface area contributed by atoms with Gasteiger partial charge in [-0.25, -0.2) is 18.7 Å². The van der Waals surface area contributed by atoms with Crippen molar-refractivity contribution < 1.29 is 22.8 Å². The zero-order valence-corrected chi connectivity index (χ0v) is 21.0. The summed E-state index contributed by atoms with van der Waals surface area (Å²) in [6.45, 7) is 1.88. The van der Waals surface area contributed by atoms with E-state index < -0.39 is 26.8 Å². The highest BCUT2D eigenvalue weighted by molar-refractivity contribution is 7.92. The van der Waals surface area contributed by atoms with E-state index in [2.05, 4.69) is 15.7 Å². The highest BCUT2D eigenvalue weighted by atomic mass is 32.2. The molecule has 1 saturated heterocycles. The van der Waals surface area contributed by atoms with Crippen LogP contribution < -0.4 is 11.0 Å². The van der Waals surface area contributed by atoms with Crippen molar-refractivity contribution in [2.75, 3.05) is 12.9 Å². The molecule has 3 aromatic rings. The van der Waals surface area contributed by atoms with Crippen molar-refractivity contribution in [2.24, 2.45) is 0 Å². The molecular formula is C24H29N5O6S. The lowest BCUT2D eigenvalue weighted by atomic mass is 10.1. The number of aromatic nitrogens is 4. The molecular weight excluding hydrogens is 486 g/mol. The van der Waals surface area contributed by atoms with Crippen molar-refractivity contribution >= 4 is 15.7 Å². The van der Waals surface area contributed by atoms with Crippen molar-refractivity contribution in [3.63, 3.8) is 0 Å². The Kier molecular flexibility index (Phi) is 7.67. The van der Waals surface area contributed by atoms with Gasteiger partial charge in [-0.2, -0.15) is 15.0 Å². The fraction of sp³-hybridized carbons (Fsp3) is 0.417. The predicted molar refractivity (Wildman–Crippen MR) is 132 cm³/mol. The van der Waals surface area contributed by atoms with Crippen LogP contribution in [0.5, 0.6) is 0 Å². The number of benzene rings is 1. The third-order valence-electron chi connectivity index (χ3n) is 6.40. The molecule has 0 bridgehead atoms. The zero-order valence-electron chi connectivity index (χ0n) is 20.2. The third kappa shape index (κ3) is 5.72. The molecule has 1 aliphatic heterocycles. The Balaban J connectivity index is 1.44. The highest BCUT2D eigenvalue weighted by Gasteiger charge is 2.44. The lowest BCUT2D eigenvalue weighted by Gasteiger charge is -2.28. The number of pyridine rings is 1. The van der Waals surface area contributed by atoms with E-state index in [1.165, 1.54) is 22.4 Å². The van der Waals surface area contributed by atoms with E-state index in [0.717, 1.165) is 30.3 Å². The average molecular weight is 516 g/mol. The van der Waals surface area contributed by atoms with Crippen LogP contribution >= 0.6 is 0 Å². The summed E-state index contributed by atoms with van der Waals surface area (Å²) in [5, 5.41) is 8.17. The minimum atomic E-state index is -3.83. The van der Waals surface area contributed by atoms with E-state index in [0.29, 0.717) is 18.6 Å². The molecule has 11 nitrogen and oxygen atoms in total. The molecule has 0 aliphatic carbocycles. The SMILES string of the molecule is C[C@@](CCn1ccc(-c2ccc(-n3nccn3)cc2)cc1=O)(C(=O)NO[C@@H]1CCCCO1)S(C)(=O)=O. The first kappa shape index (κ1) is 25.7. The van der Waals surface area contributed by atoms with Crippen LogP contribution in [0.1, 0.15) is 32.6 Å². The second kappa shape index (κ2) is 10.7. The zero-order chi connectivity index (χ0) is 25.8. The summed E-state index contributed by atoms with van der Waals surface area (Å²) < 4.78 is 30.1. The number of nitrogens with one attached hydrogen (secondary N) is 1. The van der Waals surface area contributed by atoms with Crippen LogP contribution in [0, 0.1) is 0 Å². The molecule has 1 aromatic carbocycles. The molecule has 12 heteroatoms. The van der Waals surface area contributed by atoms with Crippen LogP contribution in [0.4, 0.5) is 0 Å². The van der Waals surface area contributed by atoms with Gasteiger partial charge in [0.05, 0.1) is 18.1 Å². The van der Waals surface area contributed by atoms with Crippen LogP contribution in [0.3, 0.4) is 0 Å².